The van der Waals surface area contributed by atoms with Gasteiger partial charge in [-0.15, -0.1) is 0 Å². The highest BCUT2D eigenvalue weighted by atomic mass is 16.6. The number of aliphatic carboxylic acids is 1. The van der Waals surface area contributed by atoms with E-state index in [4.69, 9.17) is 9.84 Å². The van der Waals surface area contributed by atoms with Gasteiger partial charge in [0.2, 0.25) is 0 Å². The van der Waals surface area contributed by atoms with Gasteiger partial charge in [-0.25, -0.2) is 0 Å². The van der Waals surface area contributed by atoms with Crippen LogP contribution in [0.1, 0.15) is 46.0 Å². The summed E-state index contributed by atoms with van der Waals surface area (Å²) < 4.78 is 5.35. The highest BCUT2D eigenvalue weighted by Crippen LogP contribution is 2.51. The van der Waals surface area contributed by atoms with Gasteiger partial charge in [-0.05, 0) is 19.3 Å². The predicted octanol–water partition coefficient (Wildman–Crippen LogP) is 1.97. The maximum atomic E-state index is 11.3. The van der Waals surface area contributed by atoms with Gasteiger partial charge in [-0.2, -0.15) is 0 Å². The molecule has 0 aliphatic heterocycles. The monoisotopic (exact) mass is 214 g/mol. The summed E-state index contributed by atoms with van der Waals surface area (Å²) in [5.74, 6) is -0.869. The molecule has 0 saturated heterocycles. The number of rotatable bonds is 6. The molecule has 0 aromatic rings. The summed E-state index contributed by atoms with van der Waals surface area (Å²) in [7, 11) is 0. The molecule has 1 saturated carbocycles. The molecule has 15 heavy (non-hydrogen) atoms. The van der Waals surface area contributed by atoms with E-state index in [1.54, 1.807) is 0 Å². The van der Waals surface area contributed by atoms with Gasteiger partial charge in [-0.1, -0.05) is 13.8 Å². The van der Waals surface area contributed by atoms with Crippen LogP contribution in [0.2, 0.25) is 0 Å². The molecule has 0 aromatic heterocycles. The van der Waals surface area contributed by atoms with Crippen LogP contribution in [-0.2, 0) is 14.3 Å². The molecule has 4 nitrogen and oxygen atoms in total. The van der Waals surface area contributed by atoms with Gasteiger partial charge >= 0.3 is 11.9 Å². The van der Waals surface area contributed by atoms with E-state index in [0.29, 0.717) is 5.92 Å². The van der Waals surface area contributed by atoms with E-state index in [0.717, 1.165) is 19.3 Å². The summed E-state index contributed by atoms with van der Waals surface area (Å²) in [6.07, 6.45) is 2.60. The highest BCUT2D eigenvalue weighted by Gasteiger charge is 2.54. The average Bonchev–Trinajstić information content (AvgIpc) is 2.89. The molecular weight excluding hydrogens is 196 g/mol. The zero-order valence-corrected chi connectivity index (χ0v) is 9.28. The van der Waals surface area contributed by atoms with Crippen LogP contribution in [-0.4, -0.2) is 22.6 Å². The van der Waals surface area contributed by atoms with Crippen molar-refractivity contribution < 1.29 is 19.4 Å². The lowest BCUT2D eigenvalue weighted by Crippen LogP contribution is -2.21. The molecule has 4 heteroatoms. The normalized spacial score (nSPS) is 28.5. The molecule has 0 heterocycles. The zero-order valence-electron chi connectivity index (χ0n) is 9.28. The molecule has 1 rings (SSSR count). The van der Waals surface area contributed by atoms with Crippen LogP contribution < -0.4 is 0 Å². The third kappa shape index (κ3) is 2.94. The zero-order chi connectivity index (χ0) is 11.5. The van der Waals surface area contributed by atoms with Crippen LogP contribution in [0.15, 0.2) is 0 Å². The van der Waals surface area contributed by atoms with E-state index in [1.165, 1.54) is 0 Å². The van der Waals surface area contributed by atoms with E-state index in [9.17, 15) is 9.59 Å². The Bertz CT molecular complexity index is 261. The fraction of sp³-hybridized carbons (Fsp3) is 0.818. The van der Waals surface area contributed by atoms with Crippen molar-refractivity contribution in [2.75, 3.05) is 0 Å². The van der Waals surface area contributed by atoms with Crippen LogP contribution in [0.25, 0.3) is 0 Å². The van der Waals surface area contributed by atoms with E-state index in [-0.39, 0.29) is 24.4 Å². The van der Waals surface area contributed by atoms with Crippen LogP contribution in [0.3, 0.4) is 0 Å². The average molecular weight is 214 g/mol. The molecular formula is C11H18O4. The van der Waals surface area contributed by atoms with E-state index < -0.39 is 5.97 Å². The quantitative estimate of drug-likeness (QED) is 0.686. The lowest BCUT2D eigenvalue weighted by Gasteiger charge is -2.16. The summed E-state index contributed by atoms with van der Waals surface area (Å²) in [5.41, 5.74) is -0.273. The third-order valence-corrected chi connectivity index (χ3v) is 3.13. The number of carboxylic acid groups (broad SMARTS) is 1. The van der Waals surface area contributed by atoms with Crippen molar-refractivity contribution in [3.05, 3.63) is 0 Å². The first-order valence-corrected chi connectivity index (χ1v) is 5.47. The Balaban J connectivity index is 2.34. The molecule has 2 atom stereocenters. The predicted molar refractivity (Wildman–Crippen MR) is 54.4 cm³/mol. The van der Waals surface area contributed by atoms with Crippen LogP contribution in [0.4, 0.5) is 0 Å². The first-order chi connectivity index (χ1) is 7.04. The van der Waals surface area contributed by atoms with Crippen LogP contribution in [0, 0.1) is 5.92 Å². The molecule has 2 unspecified atom stereocenters. The molecule has 1 N–H and O–H groups in total. The Morgan fingerprint density at radius 1 is 1.40 bits per heavy atom. The Morgan fingerprint density at radius 3 is 2.47 bits per heavy atom. The smallest absolute Gasteiger partial charge is 0.306 e. The second-order valence-electron chi connectivity index (χ2n) is 4.10. The molecule has 1 fully saturated rings. The van der Waals surface area contributed by atoms with Gasteiger partial charge in [0.05, 0.1) is 12.8 Å². The third-order valence-electron chi connectivity index (χ3n) is 3.13. The molecule has 0 amide bonds. The van der Waals surface area contributed by atoms with E-state index >= 15 is 0 Å². The van der Waals surface area contributed by atoms with Crippen molar-refractivity contribution >= 4 is 11.9 Å². The van der Waals surface area contributed by atoms with Gasteiger partial charge < -0.3 is 9.84 Å². The van der Waals surface area contributed by atoms with Gasteiger partial charge in [0.25, 0.3) is 0 Å². The number of carboxylic acids is 1. The fourth-order valence-corrected chi connectivity index (χ4v) is 1.99. The minimum Gasteiger partial charge on any atom is -0.481 e. The minimum atomic E-state index is -0.958. The van der Waals surface area contributed by atoms with Gasteiger partial charge in [-0.3, -0.25) is 9.59 Å². The van der Waals surface area contributed by atoms with Crippen molar-refractivity contribution in [3.63, 3.8) is 0 Å². The lowest BCUT2D eigenvalue weighted by molar-refractivity contribution is -0.155. The first kappa shape index (κ1) is 12.0. The second-order valence-corrected chi connectivity index (χ2v) is 4.10. The number of hydrogen-bond donors (Lipinski definition) is 1. The largest absolute Gasteiger partial charge is 0.481 e. The molecule has 1 aliphatic rings. The van der Waals surface area contributed by atoms with Crippen molar-refractivity contribution in [1.29, 1.82) is 0 Å². The number of carbonyl (C=O) groups excluding carboxylic acids is 1. The molecule has 0 spiro atoms. The molecule has 0 radical (unpaired) electrons. The topological polar surface area (TPSA) is 63.6 Å². The van der Waals surface area contributed by atoms with E-state index in [2.05, 4.69) is 6.92 Å². The van der Waals surface area contributed by atoms with Crippen molar-refractivity contribution in [1.82, 2.24) is 0 Å². The first-order valence-electron chi connectivity index (χ1n) is 5.47. The van der Waals surface area contributed by atoms with Crippen LogP contribution in [0.5, 0.6) is 0 Å². The van der Waals surface area contributed by atoms with Gasteiger partial charge in [0.1, 0.15) is 5.60 Å². The maximum absolute atomic E-state index is 11.3. The molecule has 86 valence electrons. The second kappa shape index (κ2) is 4.64. The summed E-state index contributed by atoms with van der Waals surface area (Å²) in [6.45, 7) is 4.08. The Kier molecular flexibility index (Phi) is 3.72. The number of ether oxygens (including phenoxy) is 1. The summed E-state index contributed by atoms with van der Waals surface area (Å²) in [6, 6.07) is 0. The minimum absolute atomic E-state index is 0.0203. The van der Waals surface area contributed by atoms with Crippen molar-refractivity contribution in [2.24, 2.45) is 5.92 Å². The summed E-state index contributed by atoms with van der Waals surface area (Å²) in [5, 5.41) is 8.42. The highest BCUT2D eigenvalue weighted by molar-refractivity contribution is 5.77. The number of esters is 1. The standard InChI is InChI=1S/C11H18O4/c1-3-8-7-11(8,4-2)15-10(14)6-5-9(12)13/h8H,3-7H2,1-2H3,(H,12,13). The molecule has 0 bridgehead atoms. The number of carbonyl (C=O) groups is 2. The Labute approximate surface area is 89.6 Å². The molecule has 0 aromatic carbocycles. The van der Waals surface area contributed by atoms with E-state index in [1.807, 2.05) is 6.92 Å². The van der Waals surface area contributed by atoms with Crippen molar-refractivity contribution in [2.45, 2.75) is 51.6 Å². The summed E-state index contributed by atoms with van der Waals surface area (Å²) >= 11 is 0. The Hall–Kier alpha value is -1.06. The van der Waals surface area contributed by atoms with Gasteiger partial charge in [0.15, 0.2) is 0 Å². The lowest BCUT2D eigenvalue weighted by atomic mass is 10.1. The SMILES string of the molecule is CCC1CC1(CC)OC(=O)CCC(=O)O. The maximum Gasteiger partial charge on any atom is 0.306 e. The van der Waals surface area contributed by atoms with Crippen LogP contribution >= 0.6 is 0 Å². The number of hydrogen-bond acceptors (Lipinski definition) is 3. The fourth-order valence-electron chi connectivity index (χ4n) is 1.99. The van der Waals surface area contributed by atoms with Gasteiger partial charge in [0, 0.05) is 5.92 Å². The molecule has 1 aliphatic carbocycles. The Morgan fingerprint density at radius 2 is 2.07 bits per heavy atom. The summed E-state index contributed by atoms with van der Waals surface area (Å²) in [4.78, 5) is 21.6. The van der Waals surface area contributed by atoms with Crippen molar-refractivity contribution in [3.8, 4) is 0 Å².